The van der Waals surface area contributed by atoms with Gasteiger partial charge in [0.2, 0.25) is 0 Å². The van der Waals surface area contributed by atoms with Gasteiger partial charge in [-0.3, -0.25) is 4.79 Å². The van der Waals surface area contributed by atoms with E-state index in [1.807, 2.05) is 61.5 Å². The van der Waals surface area contributed by atoms with Crippen molar-refractivity contribution in [1.29, 1.82) is 0 Å². The predicted octanol–water partition coefficient (Wildman–Crippen LogP) is 4.08. The number of imidazole rings is 1. The van der Waals surface area contributed by atoms with Crippen LogP contribution in [-0.2, 0) is 0 Å². The fourth-order valence-corrected chi connectivity index (χ4v) is 2.99. The van der Waals surface area contributed by atoms with Crippen molar-refractivity contribution in [1.82, 2.24) is 9.97 Å². The van der Waals surface area contributed by atoms with Gasteiger partial charge >= 0.3 is 5.69 Å². The number of hydrogen-bond donors (Lipinski definition) is 3. The van der Waals surface area contributed by atoms with Crippen LogP contribution in [0.25, 0.3) is 22.2 Å². The number of rotatable bonds is 3. The maximum atomic E-state index is 12.7. The molecule has 0 radical (unpaired) electrons. The molecule has 5 heteroatoms. The molecule has 1 amide bonds. The van der Waals surface area contributed by atoms with Gasteiger partial charge in [-0.2, -0.15) is 0 Å². The van der Waals surface area contributed by atoms with E-state index >= 15 is 0 Å². The van der Waals surface area contributed by atoms with E-state index in [0.717, 1.165) is 22.2 Å². The summed E-state index contributed by atoms with van der Waals surface area (Å²) >= 11 is 0. The molecule has 0 aliphatic rings. The van der Waals surface area contributed by atoms with Gasteiger partial charge in [-0.05, 0) is 47.9 Å². The number of hydrogen-bond acceptors (Lipinski definition) is 2. The third kappa shape index (κ3) is 3.02. The molecule has 0 aliphatic heterocycles. The molecule has 0 bridgehead atoms. The predicted molar refractivity (Wildman–Crippen MR) is 103 cm³/mol. The number of aromatic amines is 2. The molecule has 0 unspecified atom stereocenters. The zero-order valence-electron chi connectivity index (χ0n) is 14.2. The van der Waals surface area contributed by atoms with E-state index in [0.29, 0.717) is 16.8 Å². The lowest BCUT2D eigenvalue weighted by atomic mass is 10.0. The van der Waals surface area contributed by atoms with E-state index in [9.17, 15) is 9.59 Å². The first-order chi connectivity index (χ1) is 12.6. The summed E-state index contributed by atoms with van der Waals surface area (Å²) in [5, 5.41) is 2.93. The summed E-state index contributed by atoms with van der Waals surface area (Å²) in [6.45, 7) is 1.89. The molecular formula is C21H17N3O2. The minimum atomic E-state index is -0.265. The summed E-state index contributed by atoms with van der Waals surface area (Å²) in [6, 6.07) is 21.0. The Kier molecular flexibility index (Phi) is 3.89. The average molecular weight is 343 g/mol. The molecule has 0 saturated carbocycles. The normalized spacial score (nSPS) is 10.8. The second-order valence-electron chi connectivity index (χ2n) is 6.19. The Hall–Kier alpha value is -3.60. The van der Waals surface area contributed by atoms with Crippen molar-refractivity contribution in [2.24, 2.45) is 0 Å². The zero-order chi connectivity index (χ0) is 18.1. The number of fused-ring (bicyclic) bond motifs is 1. The Bertz CT molecular complexity index is 1160. The number of aryl methyl sites for hydroxylation is 1. The maximum absolute atomic E-state index is 12.7. The van der Waals surface area contributed by atoms with Gasteiger partial charge in [-0.1, -0.05) is 42.5 Å². The largest absolute Gasteiger partial charge is 0.323 e. The molecule has 5 nitrogen and oxygen atoms in total. The maximum Gasteiger partial charge on any atom is 0.323 e. The monoisotopic (exact) mass is 343 g/mol. The minimum Gasteiger partial charge on any atom is -0.322 e. The van der Waals surface area contributed by atoms with Crippen molar-refractivity contribution in [3.63, 3.8) is 0 Å². The van der Waals surface area contributed by atoms with Gasteiger partial charge in [0.05, 0.1) is 11.0 Å². The SMILES string of the molecule is Cc1cc2[nH]c(=O)[nH]c2cc1NC(=O)c1cccc(-c2ccccc2)c1. The highest BCUT2D eigenvalue weighted by atomic mass is 16.2. The Morgan fingerprint density at radius 2 is 1.54 bits per heavy atom. The highest BCUT2D eigenvalue weighted by Gasteiger charge is 2.11. The first-order valence-corrected chi connectivity index (χ1v) is 8.29. The first-order valence-electron chi connectivity index (χ1n) is 8.29. The molecule has 4 aromatic rings. The molecule has 1 aromatic heterocycles. The van der Waals surface area contributed by atoms with E-state index in [-0.39, 0.29) is 11.6 Å². The minimum absolute atomic E-state index is 0.192. The first kappa shape index (κ1) is 15.9. The fourth-order valence-electron chi connectivity index (χ4n) is 2.99. The molecule has 0 spiro atoms. The van der Waals surface area contributed by atoms with E-state index in [1.165, 1.54) is 0 Å². The lowest BCUT2D eigenvalue weighted by Crippen LogP contribution is -2.12. The van der Waals surface area contributed by atoms with Crippen LogP contribution in [0, 0.1) is 6.92 Å². The molecule has 0 saturated heterocycles. The second-order valence-corrected chi connectivity index (χ2v) is 6.19. The average Bonchev–Trinajstić information content (AvgIpc) is 3.01. The van der Waals surface area contributed by atoms with Gasteiger partial charge in [0.1, 0.15) is 0 Å². The number of nitrogens with one attached hydrogen (secondary N) is 3. The molecule has 4 rings (SSSR count). The van der Waals surface area contributed by atoms with Crippen molar-refractivity contribution in [3.05, 3.63) is 88.3 Å². The van der Waals surface area contributed by atoms with Gasteiger partial charge in [0, 0.05) is 11.3 Å². The number of H-pyrrole nitrogens is 2. The van der Waals surface area contributed by atoms with E-state index < -0.39 is 0 Å². The summed E-state index contributed by atoms with van der Waals surface area (Å²) < 4.78 is 0. The van der Waals surface area contributed by atoms with Crippen molar-refractivity contribution >= 4 is 22.6 Å². The second kappa shape index (κ2) is 6.37. The van der Waals surface area contributed by atoms with Gasteiger partial charge < -0.3 is 15.3 Å². The van der Waals surface area contributed by atoms with Crippen molar-refractivity contribution in [2.45, 2.75) is 6.92 Å². The van der Waals surface area contributed by atoms with Gasteiger partial charge in [0.25, 0.3) is 5.91 Å². The number of carbonyl (C=O) groups is 1. The van der Waals surface area contributed by atoms with Crippen LogP contribution in [0.4, 0.5) is 5.69 Å². The molecule has 3 aromatic carbocycles. The highest BCUT2D eigenvalue weighted by molar-refractivity contribution is 6.06. The van der Waals surface area contributed by atoms with Crippen LogP contribution in [0.5, 0.6) is 0 Å². The molecule has 128 valence electrons. The number of benzene rings is 3. The van der Waals surface area contributed by atoms with Gasteiger partial charge in [0.15, 0.2) is 0 Å². The zero-order valence-corrected chi connectivity index (χ0v) is 14.2. The lowest BCUT2D eigenvalue weighted by Gasteiger charge is -2.10. The molecule has 0 fully saturated rings. The van der Waals surface area contributed by atoms with Gasteiger partial charge in [-0.15, -0.1) is 0 Å². The Labute approximate surface area is 149 Å². The summed E-state index contributed by atoms with van der Waals surface area (Å²) in [5.41, 5.74) is 5.28. The van der Waals surface area contributed by atoms with Crippen LogP contribution in [0.15, 0.2) is 71.5 Å². The van der Waals surface area contributed by atoms with E-state index in [4.69, 9.17) is 0 Å². The smallest absolute Gasteiger partial charge is 0.322 e. The Morgan fingerprint density at radius 3 is 2.31 bits per heavy atom. The standard InChI is InChI=1S/C21H17N3O2/c1-13-10-18-19(24-21(26)23-18)12-17(13)22-20(25)16-9-5-8-15(11-16)14-6-3-2-4-7-14/h2-12H,1H3,(H,22,25)(H2,23,24,26). The number of anilines is 1. The van der Waals surface area contributed by atoms with Crippen molar-refractivity contribution < 1.29 is 4.79 Å². The van der Waals surface area contributed by atoms with Crippen LogP contribution in [-0.4, -0.2) is 15.9 Å². The van der Waals surface area contributed by atoms with Gasteiger partial charge in [-0.25, -0.2) is 4.79 Å². The van der Waals surface area contributed by atoms with Crippen LogP contribution in [0.2, 0.25) is 0 Å². The van der Waals surface area contributed by atoms with E-state index in [1.54, 1.807) is 12.1 Å². The topological polar surface area (TPSA) is 77.8 Å². The quantitative estimate of drug-likeness (QED) is 0.524. The Balaban J connectivity index is 1.64. The molecule has 3 N–H and O–H groups in total. The number of amides is 1. The molecule has 1 heterocycles. The van der Waals surface area contributed by atoms with E-state index in [2.05, 4.69) is 15.3 Å². The molecule has 0 aliphatic carbocycles. The van der Waals surface area contributed by atoms with Crippen LogP contribution in [0.1, 0.15) is 15.9 Å². The summed E-state index contributed by atoms with van der Waals surface area (Å²) in [6.07, 6.45) is 0. The molecular weight excluding hydrogens is 326 g/mol. The fraction of sp³-hybridized carbons (Fsp3) is 0.0476. The lowest BCUT2D eigenvalue weighted by molar-refractivity contribution is 0.102. The highest BCUT2D eigenvalue weighted by Crippen LogP contribution is 2.23. The summed E-state index contributed by atoms with van der Waals surface area (Å²) in [5.74, 6) is -0.192. The molecule has 0 atom stereocenters. The van der Waals surface area contributed by atoms with Crippen LogP contribution >= 0.6 is 0 Å². The summed E-state index contributed by atoms with van der Waals surface area (Å²) in [7, 11) is 0. The third-order valence-corrected chi connectivity index (χ3v) is 4.34. The summed E-state index contributed by atoms with van der Waals surface area (Å²) in [4.78, 5) is 29.5. The number of aromatic nitrogens is 2. The third-order valence-electron chi connectivity index (χ3n) is 4.34. The van der Waals surface area contributed by atoms with Crippen molar-refractivity contribution in [2.75, 3.05) is 5.32 Å². The Morgan fingerprint density at radius 1 is 0.846 bits per heavy atom. The van der Waals surface area contributed by atoms with Crippen molar-refractivity contribution in [3.8, 4) is 11.1 Å². The van der Waals surface area contributed by atoms with Crippen LogP contribution in [0.3, 0.4) is 0 Å². The van der Waals surface area contributed by atoms with Crippen LogP contribution < -0.4 is 11.0 Å². The number of carbonyl (C=O) groups excluding carboxylic acids is 1. The molecule has 26 heavy (non-hydrogen) atoms.